The molecule has 18 heavy (non-hydrogen) atoms. The van der Waals surface area contributed by atoms with Crippen molar-refractivity contribution in [3.8, 4) is 5.75 Å². The van der Waals surface area contributed by atoms with Gasteiger partial charge in [0.15, 0.2) is 0 Å². The molecule has 96 valence electrons. The predicted octanol–water partition coefficient (Wildman–Crippen LogP) is 3.25. The van der Waals surface area contributed by atoms with Gasteiger partial charge in [0.25, 0.3) is 0 Å². The Balaban J connectivity index is 2.28. The number of halogens is 2. The Hall–Kier alpha value is -1.20. The fourth-order valence-corrected chi connectivity index (χ4v) is 2.40. The summed E-state index contributed by atoms with van der Waals surface area (Å²) in [6, 6.07) is 5.84. The molecular formula is C12H13BrClN3O. The van der Waals surface area contributed by atoms with Gasteiger partial charge in [-0.15, -0.1) is 0 Å². The van der Waals surface area contributed by atoms with E-state index < -0.39 is 0 Å². The summed E-state index contributed by atoms with van der Waals surface area (Å²) < 4.78 is 7.77. The number of nitrogens with two attached hydrogens (primary N) is 1. The van der Waals surface area contributed by atoms with Gasteiger partial charge in [-0.25, -0.2) is 4.68 Å². The molecule has 0 unspecified atom stereocenters. The van der Waals surface area contributed by atoms with E-state index in [4.69, 9.17) is 22.1 Å². The summed E-state index contributed by atoms with van der Waals surface area (Å²) in [6.07, 6.45) is 0. The molecule has 1 heterocycles. The molecule has 2 rings (SSSR count). The largest absolute Gasteiger partial charge is 0.496 e. The van der Waals surface area contributed by atoms with Gasteiger partial charge in [0, 0.05) is 0 Å². The van der Waals surface area contributed by atoms with Crippen LogP contribution in [0.3, 0.4) is 0 Å². The molecule has 0 atom stereocenters. The molecule has 6 heteroatoms. The monoisotopic (exact) mass is 329 g/mol. The van der Waals surface area contributed by atoms with Crippen LogP contribution in [0.25, 0.3) is 0 Å². The lowest BCUT2D eigenvalue weighted by Gasteiger charge is -2.07. The van der Waals surface area contributed by atoms with Gasteiger partial charge >= 0.3 is 0 Å². The third kappa shape index (κ3) is 2.47. The summed E-state index contributed by atoms with van der Waals surface area (Å²) in [5, 5.41) is 4.81. The van der Waals surface area contributed by atoms with Crippen LogP contribution in [0.15, 0.2) is 22.7 Å². The van der Waals surface area contributed by atoms with Crippen molar-refractivity contribution in [3.05, 3.63) is 39.0 Å². The molecule has 1 aromatic carbocycles. The number of nitrogen functional groups attached to an aromatic ring is 1. The number of benzene rings is 1. The predicted molar refractivity (Wildman–Crippen MR) is 76.2 cm³/mol. The SMILES string of the molecule is COc1ccc(Cn2nc(C)c(Cl)c2N)cc1Br. The second kappa shape index (κ2) is 5.20. The van der Waals surface area contributed by atoms with E-state index in [0.717, 1.165) is 21.5 Å². The topological polar surface area (TPSA) is 53.1 Å². The number of rotatable bonds is 3. The zero-order valence-electron chi connectivity index (χ0n) is 10.1. The van der Waals surface area contributed by atoms with Crippen LogP contribution < -0.4 is 10.5 Å². The van der Waals surface area contributed by atoms with Gasteiger partial charge in [0.05, 0.1) is 23.8 Å². The van der Waals surface area contributed by atoms with E-state index in [-0.39, 0.29) is 0 Å². The lowest BCUT2D eigenvalue weighted by atomic mass is 10.2. The summed E-state index contributed by atoms with van der Waals surface area (Å²) in [7, 11) is 1.63. The molecule has 0 aliphatic carbocycles. The Kier molecular flexibility index (Phi) is 3.82. The van der Waals surface area contributed by atoms with E-state index in [2.05, 4.69) is 21.0 Å². The standard InChI is InChI=1S/C12H13BrClN3O/c1-7-11(14)12(15)17(16-7)6-8-3-4-10(18-2)9(13)5-8/h3-5H,6,15H2,1-2H3. The minimum atomic E-state index is 0.487. The Morgan fingerprint density at radius 1 is 1.50 bits per heavy atom. The molecule has 2 N–H and O–H groups in total. The maximum atomic E-state index is 6.01. The van der Waals surface area contributed by atoms with E-state index in [9.17, 15) is 0 Å². The van der Waals surface area contributed by atoms with Gasteiger partial charge in [0.1, 0.15) is 16.6 Å². The first kappa shape index (κ1) is 13.2. The molecule has 2 aromatic rings. The zero-order chi connectivity index (χ0) is 13.3. The summed E-state index contributed by atoms with van der Waals surface area (Å²) in [4.78, 5) is 0. The van der Waals surface area contributed by atoms with Crippen LogP contribution >= 0.6 is 27.5 Å². The Labute approximate surface area is 119 Å². The van der Waals surface area contributed by atoms with Crippen molar-refractivity contribution in [1.82, 2.24) is 9.78 Å². The number of hydrogen-bond donors (Lipinski definition) is 1. The first-order valence-electron chi connectivity index (χ1n) is 5.33. The second-order valence-corrected chi connectivity index (χ2v) is 5.14. The van der Waals surface area contributed by atoms with E-state index in [1.54, 1.807) is 11.8 Å². The second-order valence-electron chi connectivity index (χ2n) is 3.91. The molecule has 0 radical (unpaired) electrons. The van der Waals surface area contributed by atoms with Crippen LogP contribution in [0.5, 0.6) is 5.75 Å². The third-order valence-electron chi connectivity index (χ3n) is 2.64. The maximum absolute atomic E-state index is 6.01. The number of methoxy groups -OCH3 is 1. The van der Waals surface area contributed by atoms with Crippen molar-refractivity contribution in [2.24, 2.45) is 0 Å². The first-order valence-corrected chi connectivity index (χ1v) is 6.51. The van der Waals surface area contributed by atoms with Crippen molar-refractivity contribution < 1.29 is 4.74 Å². The molecule has 0 spiro atoms. The summed E-state index contributed by atoms with van der Waals surface area (Å²) in [6.45, 7) is 2.40. The number of hydrogen-bond acceptors (Lipinski definition) is 3. The van der Waals surface area contributed by atoms with Crippen LogP contribution in [0.4, 0.5) is 5.82 Å². The number of nitrogens with zero attached hydrogens (tertiary/aromatic N) is 2. The maximum Gasteiger partial charge on any atom is 0.141 e. The van der Waals surface area contributed by atoms with Crippen LogP contribution in [0.2, 0.25) is 5.02 Å². The van der Waals surface area contributed by atoms with E-state index in [1.165, 1.54) is 0 Å². The smallest absolute Gasteiger partial charge is 0.141 e. The van der Waals surface area contributed by atoms with E-state index in [0.29, 0.717) is 17.4 Å². The number of aryl methyl sites for hydroxylation is 1. The number of anilines is 1. The summed E-state index contributed by atoms with van der Waals surface area (Å²) >= 11 is 9.45. The minimum Gasteiger partial charge on any atom is -0.496 e. The molecule has 0 saturated heterocycles. The average molecular weight is 331 g/mol. The minimum absolute atomic E-state index is 0.487. The molecule has 0 aliphatic heterocycles. The first-order chi connectivity index (χ1) is 8.52. The van der Waals surface area contributed by atoms with Crippen LogP contribution in [0, 0.1) is 6.92 Å². The third-order valence-corrected chi connectivity index (χ3v) is 3.73. The molecule has 1 aromatic heterocycles. The van der Waals surface area contributed by atoms with Gasteiger partial charge in [0.2, 0.25) is 0 Å². The Morgan fingerprint density at radius 2 is 2.22 bits per heavy atom. The highest BCUT2D eigenvalue weighted by molar-refractivity contribution is 9.10. The van der Waals surface area contributed by atoms with Gasteiger partial charge < -0.3 is 10.5 Å². The van der Waals surface area contributed by atoms with Crippen LogP contribution in [-0.4, -0.2) is 16.9 Å². The van der Waals surface area contributed by atoms with E-state index >= 15 is 0 Å². The molecular weight excluding hydrogens is 318 g/mol. The molecule has 0 amide bonds. The van der Waals surface area contributed by atoms with Crippen LogP contribution in [0.1, 0.15) is 11.3 Å². The van der Waals surface area contributed by atoms with Crippen LogP contribution in [-0.2, 0) is 6.54 Å². The molecule has 0 fully saturated rings. The molecule has 0 aliphatic rings. The van der Waals surface area contributed by atoms with Crippen molar-refractivity contribution >= 4 is 33.3 Å². The fourth-order valence-electron chi connectivity index (χ4n) is 1.68. The highest BCUT2D eigenvalue weighted by Crippen LogP contribution is 2.27. The lowest BCUT2D eigenvalue weighted by molar-refractivity contribution is 0.412. The number of ether oxygens (including phenoxy) is 1. The quantitative estimate of drug-likeness (QED) is 0.940. The Morgan fingerprint density at radius 3 is 2.72 bits per heavy atom. The molecule has 4 nitrogen and oxygen atoms in total. The summed E-state index contributed by atoms with van der Waals surface area (Å²) in [5.74, 6) is 1.28. The van der Waals surface area contributed by atoms with Gasteiger partial charge in [-0.3, -0.25) is 0 Å². The van der Waals surface area contributed by atoms with Crippen molar-refractivity contribution in [2.45, 2.75) is 13.5 Å². The average Bonchev–Trinajstić information content (AvgIpc) is 2.57. The van der Waals surface area contributed by atoms with Gasteiger partial charge in [-0.1, -0.05) is 17.7 Å². The van der Waals surface area contributed by atoms with Crippen molar-refractivity contribution in [2.75, 3.05) is 12.8 Å². The van der Waals surface area contributed by atoms with E-state index in [1.807, 2.05) is 25.1 Å². The van der Waals surface area contributed by atoms with Gasteiger partial charge in [-0.05, 0) is 40.5 Å². The fraction of sp³-hybridized carbons (Fsp3) is 0.250. The van der Waals surface area contributed by atoms with Crippen molar-refractivity contribution in [3.63, 3.8) is 0 Å². The highest BCUT2D eigenvalue weighted by Gasteiger charge is 2.11. The Bertz CT molecular complexity index is 583. The molecule has 0 saturated carbocycles. The van der Waals surface area contributed by atoms with Crippen molar-refractivity contribution in [1.29, 1.82) is 0 Å². The summed E-state index contributed by atoms with van der Waals surface area (Å²) in [5.41, 5.74) is 7.68. The zero-order valence-corrected chi connectivity index (χ0v) is 12.4. The van der Waals surface area contributed by atoms with Gasteiger partial charge in [-0.2, -0.15) is 5.10 Å². The lowest BCUT2D eigenvalue weighted by Crippen LogP contribution is -2.06. The molecule has 0 bridgehead atoms. The highest BCUT2D eigenvalue weighted by atomic mass is 79.9. The normalized spacial score (nSPS) is 10.7. The number of aromatic nitrogens is 2.